The maximum atomic E-state index is 12.1. The first-order valence-electron chi connectivity index (χ1n) is 10.4. The first-order valence-corrected chi connectivity index (χ1v) is 10.4. The molecule has 3 N–H and O–H groups in total. The molecule has 1 aromatic heterocycles. The average molecular weight is 428 g/mol. The van der Waals surface area contributed by atoms with Gasteiger partial charge in [-0.2, -0.15) is 5.10 Å². The summed E-state index contributed by atoms with van der Waals surface area (Å²) in [5, 5.41) is 15.3. The molecule has 1 amide bonds. The number of pyridine rings is 1. The molecule has 0 aliphatic heterocycles. The van der Waals surface area contributed by atoms with Gasteiger partial charge in [-0.1, -0.05) is 45.1 Å². The van der Waals surface area contributed by atoms with E-state index in [1.807, 2.05) is 0 Å². The number of nitrogens with one attached hydrogen (secondary N) is 1. The van der Waals surface area contributed by atoms with E-state index in [9.17, 15) is 14.9 Å². The Morgan fingerprint density at radius 2 is 1.87 bits per heavy atom. The summed E-state index contributed by atoms with van der Waals surface area (Å²) in [5.74, 6) is -0.0881. The van der Waals surface area contributed by atoms with E-state index in [2.05, 4.69) is 22.4 Å². The number of hydrogen-bond acceptors (Lipinski definition) is 6. The number of rotatable bonds is 13. The molecule has 9 heteroatoms. The van der Waals surface area contributed by atoms with Crippen LogP contribution in [0.4, 0.5) is 5.69 Å². The molecule has 2 aromatic rings. The third-order valence-electron chi connectivity index (χ3n) is 4.62. The minimum Gasteiger partial charge on any atom is -0.487 e. The lowest BCUT2D eigenvalue weighted by Crippen LogP contribution is -2.25. The van der Waals surface area contributed by atoms with Crippen LogP contribution in [-0.2, 0) is 11.2 Å². The highest BCUT2D eigenvalue weighted by Crippen LogP contribution is 2.28. The standard InChI is InChI=1S/C22H29N5O4/c1-2-3-4-5-6-7-14-31-20-9-8-17(15-19(20)27(29)30)16-21(28)25-26-22(23)18-10-12-24-13-11-18/h8-13,15H,2-7,14,16H2,1H3,(H2,23,26)(H,25,28). The monoisotopic (exact) mass is 427 g/mol. The summed E-state index contributed by atoms with van der Waals surface area (Å²) < 4.78 is 5.61. The lowest BCUT2D eigenvalue weighted by atomic mass is 10.1. The van der Waals surface area contributed by atoms with E-state index in [4.69, 9.17) is 10.5 Å². The van der Waals surface area contributed by atoms with Crippen molar-refractivity contribution in [3.8, 4) is 5.75 Å². The maximum Gasteiger partial charge on any atom is 0.311 e. The van der Waals surface area contributed by atoms with Crippen molar-refractivity contribution in [1.29, 1.82) is 0 Å². The number of aromatic nitrogens is 1. The van der Waals surface area contributed by atoms with Gasteiger partial charge in [-0.3, -0.25) is 19.9 Å². The number of amidine groups is 1. The maximum absolute atomic E-state index is 12.1. The second-order valence-corrected chi connectivity index (χ2v) is 7.12. The molecule has 0 saturated heterocycles. The predicted octanol–water partition coefficient (Wildman–Crippen LogP) is 3.71. The molecule has 0 fully saturated rings. The molecule has 0 atom stereocenters. The zero-order valence-electron chi connectivity index (χ0n) is 17.8. The SMILES string of the molecule is CCCCCCCCOc1ccc(CC(=O)N/N=C(\N)c2ccncc2)cc1[N+](=O)[O-]. The van der Waals surface area contributed by atoms with Crippen LogP contribution in [0.3, 0.4) is 0 Å². The van der Waals surface area contributed by atoms with Crippen LogP contribution in [-0.4, -0.2) is 28.3 Å². The van der Waals surface area contributed by atoms with Gasteiger partial charge in [-0.15, -0.1) is 0 Å². The van der Waals surface area contributed by atoms with E-state index in [0.717, 1.165) is 19.3 Å². The van der Waals surface area contributed by atoms with Crippen LogP contribution in [0.15, 0.2) is 47.8 Å². The van der Waals surface area contributed by atoms with Gasteiger partial charge in [0.2, 0.25) is 5.91 Å². The molecule has 0 bridgehead atoms. The van der Waals surface area contributed by atoms with Crippen molar-refractivity contribution in [2.24, 2.45) is 10.8 Å². The van der Waals surface area contributed by atoms with Crippen molar-refractivity contribution in [3.05, 3.63) is 64.0 Å². The Morgan fingerprint density at radius 3 is 2.58 bits per heavy atom. The number of hydrogen-bond donors (Lipinski definition) is 2. The van der Waals surface area contributed by atoms with E-state index in [1.54, 1.807) is 30.6 Å². The molecule has 1 aromatic carbocycles. The van der Waals surface area contributed by atoms with Crippen LogP contribution in [0.5, 0.6) is 5.75 Å². The molecule has 2 rings (SSSR count). The van der Waals surface area contributed by atoms with E-state index < -0.39 is 10.8 Å². The Labute approximate surface area is 181 Å². The summed E-state index contributed by atoms with van der Waals surface area (Å²) >= 11 is 0. The van der Waals surface area contributed by atoms with Crippen LogP contribution in [0, 0.1) is 10.1 Å². The summed E-state index contributed by atoms with van der Waals surface area (Å²) in [4.78, 5) is 26.9. The number of carbonyl (C=O) groups is 1. The highest BCUT2D eigenvalue weighted by molar-refractivity contribution is 5.97. The zero-order valence-corrected chi connectivity index (χ0v) is 17.8. The van der Waals surface area contributed by atoms with Crippen molar-refractivity contribution in [3.63, 3.8) is 0 Å². The zero-order chi connectivity index (χ0) is 22.5. The smallest absolute Gasteiger partial charge is 0.311 e. The third-order valence-corrected chi connectivity index (χ3v) is 4.62. The number of nitro benzene ring substituents is 1. The quantitative estimate of drug-likeness (QED) is 0.165. The van der Waals surface area contributed by atoms with Gasteiger partial charge < -0.3 is 10.5 Å². The Morgan fingerprint density at radius 1 is 1.16 bits per heavy atom. The number of hydrazone groups is 1. The fraction of sp³-hybridized carbons (Fsp3) is 0.409. The molecule has 0 spiro atoms. The van der Waals surface area contributed by atoms with Gasteiger partial charge >= 0.3 is 5.69 Å². The molecule has 0 radical (unpaired) electrons. The van der Waals surface area contributed by atoms with Gasteiger partial charge in [0.1, 0.15) is 0 Å². The van der Waals surface area contributed by atoms with Gasteiger partial charge in [0, 0.05) is 24.0 Å². The van der Waals surface area contributed by atoms with Crippen LogP contribution in [0.2, 0.25) is 0 Å². The van der Waals surface area contributed by atoms with Crippen molar-refractivity contribution < 1.29 is 14.5 Å². The first kappa shape index (κ1) is 23.8. The molecule has 0 aliphatic rings. The lowest BCUT2D eigenvalue weighted by molar-refractivity contribution is -0.385. The summed E-state index contributed by atoms with van der Waals surface area (Å²) in [6.07, 6.45) is 9.69. The molecule has 0 saturated carbocycles. The highest BCUT2D eigenvalue weighted by Gasteiger charge is 2.17. The normalized spacial score (nSPS) is 11.2. The van der Waals surface area contributed by atoms with Gasteiger partial charge in [-0.25, -0.2) is 5.43 Å². The van der Waals surface area contributed by atoms with Gasteiger partial charge in [0.15, 0.2) is 11.6 Å². The predicted molar refractivity (Wildman–Crippen MR) is 119 cm³/mol. The topological polar surface area (TPSA) is 133 Å². The molecule has 166 valence electrons. The van der Waals surface area contributed by atoms with Crippen molar-refractivity contribution in [2.75, 3.05) is 6.61 Å². The van der Waals surface area contributed by atoms with Gasteiger partial charge in [0.05, 0.1) is 18.0 Å². The van der Waals surface area contributed by atoms with Crippen molar-refractivity contribution >= 4 is 17.4 Å². The van der Waals surface area contributed by atoms with Crippen molar-refractivity contribution in [1.82, 2.24) is 10.4 Å². The molecular weight excluding hydrogens is 398 g/mol. The molecule has 0 unspecified atom stereocenters. The molecule has 1 heterocycles. The summed E-state index contributed by atoms with van der Waals surface area (Å²) in [6, 6.07) is 7.86. The fourth-order valence-corrected chi connectivity index (χ4v) is 2.94. The number of unbranched alkanes of at least 4 members (excludes halogenated alkanes) is 5. The minimum atomic E-state index is -0.502. The Balaban J connectivity index is 1.89. The van der Waals surface area contributed by atoms with Crippen molar-refractivity contribution in [2.45, 2.75) is 51.9 Å². The summed E-state index contributed by atoms with van der Waals surface area (Å²) in [7, 11) is 0. The summed E-state index contributed by atoms with van der Waals surface area (Å²) in [5.41, 5.74) is 9.12. The minimum absolute atomic E-state index is 0.0777. The second-order valence-electron chi connectivity index (χ2n) is 7.12. The molecule has 9 nitrogen and oxygen atoms in total. The Kier molecular flexibility index (Phi) is 9.93. The lowest BCUT2D eigenvalue weighted by Gasteiger charge is -2.08. The Bertz CT molecular complexity index is 887. The molecular formula is C22H29N5O4. The Hall–Kier alpha value is -3.49. The average Bonchev–Trinajstić information content (AvgIpc) is 2.78. The number of nitrogens with two attached hydrogens (primary N) is 1. The number of nitro groups is 1. The number of nitrogens with zero attached hydrogens (tertiary/aromatic N) is 3. The first-order chi connectivity index (χ1) is 15.0. The van der Waals surface area contributed by atoms with E-state index >= 15 is 0 Å². The van der Waals surface area contributed by atoms with Crippen LogP contribution < -0.4 is 15.9 Å². The van der Waals surface area contributed by atoms with Crippen LogP contribution >= 0.6 is 0 Å². The number of benzene rings is 1. The van der Waals surface area contributed by atoms with Crippen LogP contribution in [0.25, 0.3) is 0 Å². The second kappa shape index (κ2) is 12.9. The number of amides is 1. The van der Waals surface area contributed by atoms with E-state index in [0.29, 0.717) is 17.7 Å². The third kappa shape index (κ3) is 8.41. The van der Waals surface area contributed by atoms with E-state index in [1.165, 1.54) is 31.4 Å². The fourth-order valence-electron chi connectivity index (χ4n) is 2.94. The number of carbonyl (C=O) groups excluding carboxylic acids is 1. The van der Waals surface area contributed by atoms with Gasteiger partial charge in [-0.05, 0) is 30.2 Å². The largest absolute Gasteiger partial charge is 0.487 e. The van der Waals surface area contributed by atoms with E-state index in [-0.39, 0.29) is 23.7 Å². The molecule has 0 aliphatic carbocycles. The van der Waals surface area contributed by atoms with Gasteiger partial charge in [0.25, 0.3) is 0 Å². The molecule has 31 heavy (non-hydrogen) atoms. The highest BCUT2D eigenvalue weighted by atomic mass is 16.6. The summed E-state index contributed by atoms with van der Waals surface area (Å²) in [6.45, 7) is 2.59. The van der Waals surface area contributed by atoms with Crippen LogP contribution in [0.1, 0.15) is 56.6 Å². The number of ether oxygens (including phenoxy) is 1.